The van der Waals surface area contributed by atoms with E-state index in [0.29, 0.717) is 18.5 Å². The van der Waals surface area contributed by atoms with Gasteiger partial charge in [0.2, 0.25) is 5.95 Å². The third-order valence-electron chi connectivity index (χ3n) is 5.01. The molecule has 1 aliphatic rings. The average molecular weight is 433 g/mol. The minimum absolute atomic E-state index is 0.280. The Morgan fingerprint density at radius 3 is 2.78 bits per heavy atom. The van der Waals surface area contributed by atoms with Crippen molar-refractivity contribution in [2.45, 2.75) is 64.6 Å². The van der Waals surface area contributed by atoms with Crippen LogP contribution in [0.5, 0.6) is 0 Å². The number of aromatic amines is 1. The number of nitrogens with one attached hydrogen (secondary N) is 3. The summed E-state index contributed by atoms with van der Waals surface area (Å²) in [5.74, 6) is 1.40. The van der Waals surface area contributed by atoms with Gasteiger partial charge in [-0.25, -0.2) is 4.98 Å². The molecule has 27 heavy (non-hydrogen) atoms. The van der Waals surface area contributed by atoms with Gasteiger partial charge >= 0.3 is 0 Å². The van der Waals surface area contributed by atoms with Crippen molar-refractivity contribution in [3.8, 4) is 0 Å². The zero-order valence-corrected chi connectivity index (χ0v) is 17.3. The summed E-state index contributed by atoms with van der Waals surface area (Å²) in [5.41, 5.74) is 2.60. The zero-order chi connectivity index (χ0) is 18.8. The van der Waals surface area contributed by atoms with Crippen molar-refractivity contribution in [3.63, 3.8) is 0 Å². The predicted molar refractivity (Wildman–Crippen MR) is 110 cm³/mol. The van der Waals surface area contributed by atoms with Crippen molar-refractivity contribution >= 4 is 38.9 Å². The van der Waals surface area contributed by atoms with Crippen LogP contribution in [-0.4, -0.2) is 35.8 Å². The van der Waals surface area contributed by atoms with E-state index in [-0.39, 0.29) is 6.04 Å². The van der Waals surface area contributed by atoms with Crippen LogP contribution in [0.3, 0.4) is 0 Å². The topological polar surface area (TPSA) is 96.3 Å². The molecule has 0 aromatic carbocycles. The van der Waals surface area contributed by atoms with Crippen LogP contribution in [0.4, 0.5) is 11.8 Å². The van der Waals surface area contributed by atoms with Crippen LogP contribution in [0.25, 0.3) is 11.2 Å². The van der Waals surface area contributed by atoms with Gasteiger partial charge in [0.25, 0.3) is 0 Å². The lowest BCUT2D eigenvalue weighted by atomic mass is 9.96. The maximum Gasteiger partial charge on any atom is 0.227 e. The summed E-state index contributed by atoms with van der Waals surface area (Å²) < 4.78 is 3.02. The molecular formula is C18H25BrN8. The van der Waals surface area contributed by atoms with Crippen molar-refractivity contribution < 1.29 is 0 Å². The lowest BCUT2D eigenvalue weighted by molar-refractivity contribution is 0.461. The molecule has 0 amide bonds. The fraction of sp³-hybridized carbons (Fsp3) is 0.556. The Bertz CT molecular complexity index is 909. The first-order valence-electron chi connectivity index (χ1n) is 9.54. The highest BCUT2D eigenvalue weighted by atomic mass is 79.9. The summed E-state index contributed by atoms with van der Waals surface area (Å²) in [6, 6.07) is 0.725. The summed E-state index contributed by atoms with van der Waals surface area (Å²) in [6.45, 7) is 4.84. The highest BCUT2D eigenvalue weighted by molar-refractivity contribution is 9.10. The molecule has 0 aliphatic heterocycles. The van der Waals surface area contributed by atoms with Gasteiger partial charge in [-0.3, -0.25) is 5.10 Å². The SMILES string of the molecule is CC(C)n1cnc2c(NCc3[nH]ncc3Br)nc(NC3CCCCC3)nc21. The number of anilines is 2. The van der Waals surface area contributed by atoms with Gasteiger partial charge in [0.05, 0.1) is 29.2 Å². The van der Waals surface area contributed by atoms with Gasteiger partial charge in [0, 0.05) is 12.1 Å². The molecule has 3 heterocycles. The molecule has 0 bridgehead atoms. The third-order valence-corrected chi connectivity index (χ3v) is 5.70. The Balaban J connectivity index is 1.65. The summed E-state index contributed by atoms with van der Waals surface area (Å²) in [5, 5.41) is 14.0. The second kappa shape index (κ2) is 7.84. The third kappa shape index (κ3) is 3.92. The van der Waals surface area contributed by atoms with Gasteiger partial charge in [-0.05, 0) is 42.6 Å². The van der Waals surface area contributed by atoms with Gasteiger partial charge in [0.15, 0.2) is 17.0 Å². The number of halogens is 1. The molecule has 3 aromatic heterocycles. The second-order valence-corrected chi connectivity index (χ2v) is 8.20. The molecule has 1 saturated carbocycles. The molecule has 1 fully saturated rings. The highest BCUT2D eigenvalue weighted by Gasteiger charge is 2.18. The van der Waals surface area contributed by atoms with Crippen LogP contribution in [-0.2, 0) is 6.54 Å². The minimum Gasteiger partial charge on any atom is -0.362 e. The van der Waals surface area contributed by atoms with Crippen molar-refractivity contribution in [1.82, 2.24) is 29.7 Å². The number of aromatic nitrogens is 6. The first-order chi connectivity index (χ1) is 13.1. The van der Waals surface area contributed by atoms with E-state index in [4.69, 9.17) is 9.97 Å². The number of rotatable bonds is 6. The largest absolute Gasteiger partial charge is 0.362 e. The van der Waals surface area contributed by atoms with Crippen LogP contribution in [0.2, 0.25) is 0 Å². The second-order valence-electron chi connectivity index (χ2n) is 7.34. The lowest BCUT2D eigenvalue weighted by Gasteiger charge is -2.23. The van der Waals surface area contributed by atoms with E-state index in [0.717, 1.165) is 27.1 Å². The van der Waals surface area contributed by atoms with Crippen molar-refractivity contribution in [2.75, 3.05) is 10.6 Å². The molecule has 0 radical (unpaired) electrons. The standard InChI is InChI=1S/C18H25BrN8/c1-11(2)27-10-21-15-16(20-9-14-13(19)8-22-26-14)24-18(25-17(15)27)23-12-6-4-3-5-7-12/h8,10-12H,3-7,9H2,1-2H3,(H,22,26)(H2,20,23,24,25). The minimum atomic E-state index is 0.280. The van der Waals surface area contributed by atoms with Gasteiger partial charge in [-0.15, -0.1) is 0 Å². The predicted octanol–water partition coefficient (Wildman–Crippen LogP) is 4.25. The summed E-state index contributed by atoms with van der Waals surface area (Å²) in [7, 11) is 0. The molecule has 0 spiro atoms. The van der Waals surface area contributed by atoms with E-state index < -0.39 is 0 Å². The maximum atomic E-state index is 4.78. The van der Waals surface area contributed by atoms with Crippen LogP contribution >= 0.6 is 15.9 Å². The molecule has 8 nitrogen and oxygen atoms in total. The first-order valence-corrected chi connectivity index (χ1v) is 10.3. The number of hydrogen-bond acceptors (Lipinski definition) is 6. The van der Waals surface area contributed by atoms with Crippen molar-refractivity contribution in [2.24, 2.45) is 0 Å². The van der Waals surface area contributed by atoms with Crippen molar-refractivity contribution in [1.29, 1.82) is 0 Å². The van der Waals surface area contributed by atoms with Crippen molar-refractivity contribution in [3.05, 3.63) is 22.7 Å². The Morgan fingerprint density at radius 1 is 1.26 bits per heavy atom. The normalized spacial score (nSPS) is 15.6. The Labute approximate surface area is 166 Å². The monoisotopic (exact) mass is 432 g/mol. The summed E-state index contributed by atoms with van der Waals surface area (Å²) >= 11 is 3.49. The fourth-order valence-electron chi connectivity index (χ4n) is 3.51. The van der Waals surface area contributed by atoms with Crippen LogP contribution < -0.4 is 10.6 Å². The highest BCUT2D eigenvalue weighted by Crippen LogP contribution is 2.26. The van der Waals surface area contributed by atoms with Gasteiger partial charge in [-0.1, -0.05) is 19.3 Å². The Hall–Kier alpha value is -2.16. The lowest BCUT2D eigenvalue weighted by Crippen LogP contribution is -2.24. The van der Waals surface area contributed by atoms with Crippen LogP contribution in [0.1, 0.15) is 57.7 Å². The number of fused-ring (bicyclic) bond motifs is 1. The molecule has 0 atom stereocenters. The molecule has 3 N–H and O–H groups in total. The Kier molecular flexibility index (Phi) is 5.29. The van der Waals surface area contributed by atoms with Gasteiger partial charge in [-0.2, -0.15) is 15.1 Å². The fourth-order valence-corrected chi connectivity index (χ4v) is 3.84. The van der Waals surface area contributed by atoms with Gasteiger partial charge < -0.3 is 15.2 Å². The van der Waals surface area contributed by atoms with E-state index in [1.807, 2.05) is 6.33 Å². The number of nitrogens with zero attached hydrogens (tertiary/aromatic N) is 5. The molecule has 4 rings (SSSR count). The summed E-state index contributed by atoms with van der Waals surface area (Å²) in [4.78, 5) is 14.1. The molecular weight excluding hydrogens is 408 g/mol. The molecule has 144 valence electrons. The molecule has 3 aromatic rings. The molecule has 0 saturated heterocycles. The number of H-pyrrole nitrogens is 1. The summed E-state index contributed by atoms with van der Waals surface area (Å²) in [6.07, 6.45) is 9.79. The average Bonchev–Trinajstić information content (AvgIpc) is 3.26. The molecule has 0 unspecified atom stereocenters. The number of hydrogen-bond donors (Lipinski definition) is 3. The van der Waals surface area contributed by atoms with Crippen LogP contribution in [0, 0.1) is 0 Å². The van der Waals surface area contributed by atoms with E-state index in [2.05, 4.69) is 60.2 Å². The quantitative estimate of drug-likeness (QED) is 0.538. The maximum absolute atomic E-state index is 4.78. The van der Waals surface area contributed by atoms with E-state index in [1.165, 1.54) is 32.1 Å². The van der Waals surface area contributed by atoms with Crippen LogP contribution in [0.15, 0.2) is 17.0 Å². The Morgan fingerprint density at radius 2 is 2.07 bits per heavy atom. The molecule has 1 aliphatic carbocycles. The smallest absolute Gasteiger partial charge is 0.227 e. The zero-order valence-electron chi connectivity index (χ0n) is 15.7. The van der Waals surface area contributed by atoms with E-state index in [9.17, 15) is 0 Å². The van der Waals surface area contributed by atoms with E-state index >= 15 is 0 Å². The van der Waals surface area contributed by atoms with E-state index in [1.54, 1.807) is 6.20 Å². The number of imidazole rings is 1. The first kappa shape index (κ1) is 18.2. The van der Waals surface area contributed by atoms with Gasteiger partial charge in [0.1, 0.15) is 0 Å². The molecule has 9 heteroatoms.